The van der Waals surface area contributed by atoms with Crippen molar-refractivity contribution in [2.75, 3.05) is 5.75 Å². The van der Waals surface area contributed by atoms with Gasteiger partial charge in [-0.1, -0.05) is 24.8 Å². The van der Waals surface area contributed by atoms with E-state index < -0.39 is 5.97 Å². The number of aryl methyl sites for hydroxylation is 1. The number of hydrogen-bond acceptors (Lipinski definition) is 5. The van der Waals surface area contributed by atoms with Crippen molar-refractivity contribution in [3.63, 3.8) is 0 Å². The van der Waals surface area contributed by atoms with Crippen LogP contribution < -0.4 is 0 Å². The smallest absolute Gasteiger partial charge is 0.313 e. The largest absolute Gasteiger partial charge is 0.481 e. The number of hydrogen-bond donors (Lipinski definition) is 1. The topological polar surface area (TPSA) is 80.9 Å². The Morgan fingerprint density at radius 3 is 2.90 bits per heavy atom. The molecule has 0 amide bonds. The third-order valence-corrected chi connectivity index (χ3v) is 3.66. The highest BCUT2D eigenvalue weighted by atomic mass is 32.2. The number of carboxylic acid groups (broad SMARTS) is 1. The van der Waals surface area contributed by atoms with Crippen molar-refractivity contribution in [1.29, 1.82) is 0 Å². The first-order valence-corrected chi connectivity index (χ1v) is 7.31. The average molecular weight is 292 g/mol. The van der Waals surface area contributed by atoms with Crippen LogP contribution in [-0.4, -0.2) is 36.6 Å². The Bertz CT molecular complexity index is 612. The fourth-order valence-electron chi connectivity index (χ4n) is 1.84. The van der Waals surface area contributed by atoms with Crippen LogP contribution in [0.5, 0.6) is 0 Å². The molecule has 2 heterocycles. The zero-order valence-electron chi connectivity index (χ0n) is 11.4. The average Bonchev–Trinajstić information content (AvgIpc) is 2.80. The molecule has 0 saturated heterocycles. The first-order valence-electron chi connectivity index (χ1n) is 6.33. The van der Waals surface area contributed by atoms with E-state index in [2.05, 4.69) is 22.1 Å². The second-order valence-corrected chi connectivity index (χ2v) is 5.25. The standard InChI is InChI=1S/C13H16N4O2S/c1-3-7-17-12(11-9(2)5-4-6-14-11)15-16-13(17)20-8-10(18)19/h4-6H,3,7-8H2,1-2H3,(H,18,19). The zero-order valence-corrected chi connectivity index (χ0v) is 12.2. The van der Waals surface area contributed by atoms with Crippen LogP contribution in [0, 0.1) is 6.92 Å². The van der Waals surface area contributed by atoms with Crippen LogP contribution in [-0.2, 0) is 11.3 Å². The molecule has 0 saturated carbocycles. The van der Waals surface area contributed by atoms with E-state index in [1.807, 2.05) is 23.6 Å². The van der Waals surface area contributed by atoms with Gasteiger partial charge >= 0.3 is 5.97 Å². The fraction of sp³-hybridized carbons (Fsp3) is 0.385. The van der Waals surface area contributed by atoms with E-state index in [9.17, 15) is 4.79 Å². The van der Waals surface area contributed by atoms with E-state index in [0.717, 1.165) is 24.2 Å². The molecule has 0 aliphatic carbocycles. The highest BCUT2D eigenvalue weighted by Crippen LogP contribution is 2.24. The van der Waals surface area contributed by atoms with Gasteiger partial charge in [0.15, 0.2) is 11.0 Å². The summed E-state index contributed by atoms with van der Waals surface area (Å²) in [6, 6.07) is 3.84. The molecule has 6 nitrogen and oxygen atoms in total. The summed E-state index contributed by atoms with van der Waals surface area (Å²) in [5.74, 6) is -0.197. The molecule has 0 bridgehead atoms. The Labute approximate surface area is 121 Å². The Balaban J connectivity index is 2.38. The molecule has 7 heteroatoms. The van der Waals surface area contributed by atoms with Crippen LogP contribution in [0.25, 0.3) is 11.5 Å². The van der Waals surface area contributed by atoms with Gasteiger partial charge in [0.1, 0.15) is 5.69 Å². The van der Waals surface area contributed by atoms with E-state index >= 15 is 0 Å². The maximum Gasteiger partial charge on any atom is 0.313 e. The summed E-state index contributed by atoms with van der Waals surface area (Å²) in [5, 5.41) is 17.7. The summed E-state index contributed by atoms with van der Waals surface area (Å²) in [6.07, 6.45) is 2.63. The summed E-state index contributed by atoms with van der Waals surface area (Å²) >= 11 is 1.18. The minimum Gasteiger partial charge on any atom is -0.481 e. The van der Waals surface area contributed by atoms with Crippen molar-refractivity contribution in [2.45, 2.75) is 32.0 Å². The van der Waals surface area contributed by atoms with Gasteiger partial charge in [0, 0.05) is 12.7 Å². The lowest BCUT2D eigenvalue weighted by molar-refractivity contribution is -0.133. The Kier molecular flexibility index (Phi) is 4.73. The van der Waals surface area contributed by atoms with Gasteiger partial charge in [-0.3, -0.25) is 9.78 Å². The van der Waals surface area contributed by atoms with E-state index in [0.29, 0.717) is 11.0 Å². The monoisotopic (exact) mass is 292 g/mol. The van der Waals surface area contributed by atoms with Crippen molar-refractivity contribution >= 4 is 17.7 Å². The lowest BCUT2D eigenvalue weighted by Gasteiger charge is -2.09. The molecule has 20 heavy (non-hydrogen) atoms. The van der Waals surface area contributed by atoms with E-state index in [4.69, 9.17) is 5.11 Å². The number of carboxylic acids is 1. The van der Waals surface area contributed by atoms with Crippen LogP contribution in [0.2, 0.25) is 0 Å². The van der Waals surface area contributed by atoms with Gasteiger partial charge in [0.2, 0.25) is 0 Å². The maximum atomic E-state index is 10.7. The van der Waals surface area contributed by atoms with Gasteiger partial charge in [-0.15, -0.1) is 10.2 Å². The SMILES string of the molecule is CCCn1c(SCC(=O)O)nnc1-c1ncccc1C. The molecule has 2 rings (SSSR count). The third kappa shape index (κ3) is 3.16. The first kappa shape index (κ1) is 14.5. The van der Waals surface area contributed by atoms with E-state index in [1.165, 1.54) is 11.8 Å². The molecule has 0 aromatic carbocycles. The predicted octanol–water partition coefficient (Wildman–Crippen LogP) is 2.24. The number of carbonyl (C=O) groups is 1. The molecule has 2 aromatic heterocycles. The molecular formula is C13H16N4O2S. The minimum absolute atomic E-state index is 0.0248. The molecule has 0 radical (unpaired) electrons. The Morgan fingerprint density at radius 1 is 1.45 bits per heavy atom. The Hall–Kier alpha value is -1.89. The first-order chi connectivity index (χ1) is 9.63. The highest BCUT2D eigenvalue weighted by Gasteiger charge is 2.16. The predicted molar refractivity (Wildman–Crippen MR) is 76.6 cm³/mol. The molecule has 0 spiro atoms. The fourth-order valence-corrected chi connectivity index (χ4v) is 2.53. The normalized spacial score (nSPS) is 10.7. The molecule has 2 aromatic rings. The third-order valence-electron chi connectivity index (χ3n) is 2.71. The maximum absolute atomic E-state index is 10.7. The lowest BCUT2D eigenvalue weighted by atomic mass is 10.2. The van der Waals surface area contributed by atoms with Crippen molar-refractivity contribution in [2.24, 2.45) is 0 Å². The second-order valence-electron chi connectivity index (χ2n) is 4.31. The second kappa shape index (κ2) is 6.51. The van der Waals surface area contributed by atoms with Crippen LogP contribution in [0.3, 0.4) is 0 Å². The number of rotatable bonds is 6. The van der Waals surface area contributed by atoms with Gasteiger partial charge in [0.05, 0.1) is 5.75 Å². The summed E-state index contributed by atoms with van der Waals surface area (Å²) in [7, 11) is 0. The van der Waals surface area contributed by atoms with Crippen LogP contribution in [0.1, 0.15) is 18.9 Å². The lowest BCUT2D eigenvalue weighted by Crippen LogP contribution is -2.05. The van der Waals surface area contributed by atoms with Crippen molar-refractivity contribution in [3.05, 3.63) is 23.9 Å². The number of thioether (sulfide) groups is 1. The number of aliphatic carboxylic acids is 1. The molecule has 1 N–H and O–H groups in total. The molecule has 0 aliphatic heterocycles. The van der Waals surface area contributed by atoms with Crippen LogP contribution in [0.4, 0.5) is 0 Å². The van der Waals surface area contributed by atoms with Crippen molar-refractivity contribution < 1.29 is 9.90 Å². The Morgan fingerprint density at radius 2 is 2.25 bits per heavy atom. The highest BCUT2D eigenvalue weighted by molar-refractivity contribution is 7.99. The summed E-state index contributed by atoms with van der Waals surface area (Å²) in [4.78, 5) is 15.0. The molecule has 0 unspecified atom stereocenters. The number of pyridine rings is 1. The summed E-state index contributed by atoms with van der Waals surface area (Å²) in [5.41, 5.74) is 1.81. The minimum atomic E-state index is -0.864. The van der Waals surface area contributed by atoms with Crippen LogP contribution >= 0.6 is 11.8 Å². The van der Waals surface area contributed by atoms with Gasteiger partial charge in [-0.2, -0.15) is 0 Å². The summed E-state index contributed by atoms with van der Waals surface area (Å²) in [6.45, 7) is 4.76. The van der Waals surface area contributed by atoms with Crippen LogP contribution in [0.15, 0.2) is 23.5 Å². The zero-order chi connectivity index (χ0) is 14.5. The van der Waals surface area contributed by atoms with E-state index in [-0.39, 0.29) is 5.75 Å². The van der Waals surface area contributed by atoms with Crippen molar-refractivity contribution in [1.82, 2.24) is 19.7 Å². The summed E-state index contributed by atoms with van der Waals surface area (Å²) < 4.78 is 1.93. The van der Waals surface area contributed by atoms with Crippen molar-refractivity contribution in [3.8, 4) is 11.5 Å². The molecule has 0 aliphatic rings. The molecule has 106 valence electrons. The van der Waals surface area contributed by atoms with Gasteiger partial charge in [-0.05, 0) is 25.0 Å². The molecular weight excluding hydrogens is 276 g/mol. The number of nitrogens with zero attached hydrogens (tertiary/aromatic N) is 4. The van der Waals surface area contributed by atoms with Gasteiger partial charge in [0.25, 0.3) is 0 Å². The van der Waals surface area contributed by atoms with Gasteiger partial charge < -0.3 is 9.67 Å². The quantitative estimate of drug-likeness (QED) is 0.822. The van der Waals surface area contributed by atoms with E-state index in [1.54, 1.807) is 6.20 Å². The number of aromatic nitrogens is 4. The molecule has 0 atom stereocenters. The molecule has 0 fully saturated rings. The van der Waals surface area contributed by atoms with Gasteiger partial charge in [-0.25, -0.2) is 0 Å².